The van der Waals surface area contributed by atoms with Gasteiger partial charge in [0.2, 0.25) is 0 Å². The van der Waals surface area contributed by atoms with Gasteiger partial charge in [0.1, 0.15) is 5.75 Å². The van der Waals surface area contributed by atoms with Crippen LogP contribution in [-0.2, 0) is 4.79 Å². The Morgan fingerprint density at radius 3 is 2.38 bits per heavy atom. The van der Waals surface area contributed by atoms with Crippen LogP contribution in [0.3, 0.4) is 0 Å². The van der Waals surface area contributed by atoms with Gasteiger partial charge in [-0.2, -0.15) is 4.99 Å². The summed E-state index contributed by atoms with van der Waals surface area (Å²) in [5.41, 5.74) is 6.69. The van der Waals surface area contributed by atoms with Crippen LogP contribution in [0.15, 0.2) is 58.4 Å². The number of carbonyl (C=O) groups is 2. The van der Waals surface area contributed by atoms with Crippen LogP contribution in [0, 0.1) is 0 Å². The number of ether oxygens (including phenoxy) is 1. The van der Waals surface area contributed by atoms with Crippen LogP contribution in [-0.4, -0.2) is 17.0 Å². The van der Waals surface area contributed by atoms with Gasteiger partial charge in [-0.05, 0) is 59.8 Å². The molecule has 0 spiro atoms. The van der Waals surface area contributed by atoms with Gasteiger partial charge in [0.05, 0.1) is 10.5 Å². The molecule has 0 unspecified atom stereocenters. The second kappa shape index (κ2) is 6.90. The zero-order valence-corrected chi connectivity index (χ0v) is 13.8. The SMILES string of the molecule is NC1=NC(=O)C(=Cc2ccc(OC(=O)c3ccc(Cl)cc3)cc2)S1. The molecule has 0 aliphatic carbocycles. The Bertz CT molecular complexity index is 858. The number of carbonyl (C=O) groups excluding carboxylic acids is 2. The van der Waals surface area contributed by atoms with Gasteiger partial charge >= 0.3 is 5.97 Å². The first-order valence-corrected chi connectivity index (χ1v) is 8.06. The van der Waals surface area contributed by atoms with Crippen LogP contribution in [0.1, 0.15) is 15.9 Å². The average Bonchev–Trinajstić information content (AvgIpc) is 2.87. The molecule has 1 aliphatic heterocycles. The second-order valence-corrected chi connectivity index (χ2v) is 6.33. The highest BCUT2D eigenvalue weighted by Gasteiger charge is 2.19. The van der Waals surface area contributed by atoms with Gasteiger partial charge in [0, 0.05) is 5.02 Å². The van der Waals surface area contributed by atoms with Crippen molar-refractivity contribution in [3.05, 3.63) is 69.6 Å². The Morgan fingerprint density at radius 1 is 1.12 bits per heavy atom. The van der Waals surface area contributed by atoms with E-state index in [0.29, 0.717) is 21.2 Å². The third-order valence-electron chi connectivity index (χ3n) is 3.11. The minimum Gasteiger partial charge on any atom is -0.423 e. The van der Waals surface area contributed by atoms with Crippen LogP contribution in [0.2, 0.25) is 5.02 Å². The Hall–Kier alpha value is -2.57. The molecule has 1 aliphatic rings. The van der Waals surface area contributed by atoms with Crippen molar-refractivity contribution in [2.24, 2.45) is 10.7 Å². The van der Waals surface area contributed by atoms with Crippen molar-refractivity contribution < 1.29 is 14.3 Å². The summed E-state index contributed by atoms with van der Waals surface area (Å²) in [5, 5.41) is 0.785. The Labute approximate surface area is 147 Å². The van der Waals surface area contributed by atoms with Crippen molar-refractivity contribution in [2.45, 2.75) is 0 Å². The van der Waals surface area contributed by atoms with Crippen molar-refractivity contribution in [2.75, 3.05) is 0 Å². The van der Waals surface area contributed by atoms with Gasteiger partial charge in [-0.3, -0.25) is 4.79 Å². The molecular formula is C17H11ClN2O3S. The van der Waals surface area contributed by atoms with E-state index < -0.39 is 5.97 Å². The summed E-state index contributed by atoms with van der Waals surface area (Å²) in [7, 11) is 0. The fourth-order valence-corrected chi connectivity index (χ4v) is 2.77. The molecule has 1 heterocycles. The summed E-state index contributed by atoms with van der Waals surface area (Å²) in [6, 6.07) is 13.2. The monoisotopic (exact) mass is 358 g/mol. The summed E-state index contributed by atoms with van der Waals surface area (Å²) in [4.78, 5) is 27.7. The van der Waals surface area contributed by atoms with Gasteiger partial charge in [0.25, 0.3) is 5.91 Å². The number of amidine groups is 1. The molecule has 3 rings (SSSR count). The molecule has 0 fully saturated rings. The smallest absolute Gasteiger partial charge is 0.343 e. The summed E-state index contributed by atoms with van der Waals surface area (Å²) in [5.74, 6) is -0.422. The number of thioether (sulfide) groups is 1. The standard InChI is InChI=1S/C17H11ClN2O3S/c18-12-5-3-11(4-6-12)16(22)23-13-7-1-10(2-8-13)9-14-15(21)20-17(19)24-14/h1-9H,(H2,19,20,21). The van der Waals surface area contributed by atoms with Crippen LogP contribution in [0.4, 0.5) is 0 Å². The Kier molecular flexibility index (Phi) is 4.69. The lowest BCUT2D eigenvalue weighted by molar-refractivity contribution is -0.113. The molecule has 1 amide bonds. The minimum atomic E-state index is -0.472. The summed E-state index contributed by atoms with van der Waals surface area (Å²) >= 11 is 6.91. The molecule has 2 aromatic rings. The quantitative estimate of drug-likeness (QED) is 0.516. The van der Waals surface area contributed by atoms with Gasteiger partial charge in [-0.25, -0.2) is 4.79 Å². The van der Waals surface area contributed by atoms with Crippen molar-refractivity contribution >= 4 is 46.5 Å². The molecule has 0 radical (unpaired) electrons. The minimum absolute atomic E-state index is 0.236. The number of aliphatic imine (C=N–C) groups is 1. The highest BCUT2D eigenvalue weighted by molar-refractivity contribution is 8.18. The lowest BCUT2D eigenvalue weighted by Gasteiger charge is -2.05. The fourth-order valence-electron chi connectivity index (χ4n) is 1.96. The molecule has 5 nitrogen and oxygen atoms in total. The van der Waals surface area contributed by atoms with E-state index in [1.165, 1.54) is 0 Å². The highest BCUT2D eigenvalue weighted by Crippen LogP contribution is 2.27. The first-order valence-electron chi connectivity index (χ1n) is 6.87. The van der Waals surface area contributed by atoms with E-state index in [0.717, 1.165) is 17.3 Å². The molecule has 7 heteroatoms. The topological polar surface area (TPSA) is 81.8 Å². The number of nitrogens with two attached hydrogens (primary N) is 1. The van der Waals surface area contributed by atoms with E-state index in [9.17, 15) is 9.59 Å². The summed E-state index contributed by atoms with van der Waals surface area (Å²) in [6.07, 6.45) is 1.68. The van der Waals surface area contributed by atoms with E-state index >= 15 is 0 Å². The third-order valence-corrected chi connectivity index (χ3v) is 4.17. The van der Waals surface area contributed by atoms with Crippen molar-refractivity contribution in [3.8, 4) is 5.75 Å². The number of amides is 1. The van der Waals surface area contributed by atoms with Crippen LogP contribution < -0.4 is 10.5 Å². The lowest BCUT2D eigenvalue weighted by atomic mass is 10.2. The second-order valence-electron chi connectivity index (χ2n) is 4.83. The van der Waals surface area contributed by atoms with E-state index in [4.69, 9.17) is 22.1 Å². The zero-order valence-electron chi connectivity index (χ0n) is 12.2. The van der Waals surface area contributed by atoms with E-state index in [1.807, 2.05) is 0 Å². The largest absolute Gasteiger partial charge is 0.423 e. The predicted octanol–water partition coefficient (Wildman–Crippen LogP) is 3.49. The third kappa shape index (κ3) is 3.84. The van der Waals surface area contributed by atoms with Crippen LogP contribution in [0.25, 0.3) is 6.08 Å². The molecule has 2 aromatic carbocycles. The number of rotatable bonds is 3. The molecule has 120 valence electrons. The number of hydrogen-bond donors (Lipinski definition) is 1. The van der Waals surface area contributed by atoms with Gasteiger partial charge < -0.3 is 10.5 Å². The molecule has 0 bridgehead atoms. The fraction of sp³-hybridized carbons (Fsp3) is 0. The maximum Gasteiger partial charge on any atom is 0.343 e. The Morgan fingerprint density at radius 2 is 1.79 bits per heavy atom. The van der Waals surface area contributed by atoms with Gasteiger partial charge in [0.15, 0.2) is 5.17 Å². The number of benzene rings is 2. The summed E-state index contributed by atoms with van der Waals surface area (Å²) < 4.78 is 5.29. The molecule has 0 aromatic heterocycles. The van der Waals surface area contributed by atoms with Gasteiger partial charge in [-0.1, -0.05) is 23.7 Å². The number of hydrogen-bond acceptors (Lipinski definition) is 5. The highest BCUT2D eigenvalue weighted by atomic mass is 35.5. The average molecular weight is 359 g/mol. The summed E-state index contributed by atoms with van der Waals surface area (Å²) in [6.45, 7) is 0. The van der Waals surface area contributed by atoms with Gasteiger partial charge in [-0.15, -0.1) is 0 Å². The molecule has 0 saturated carbocycles. The normalized spacial score (nSPS) is 15.5. The molecule has 0 saturated heterocycles. The zero-order chi connectivity index (χ0) is 17.1. The van der Waals surface area contributed by atoms with Crippen LogP contribution in [0.5, 0.6) is 5.75 Å². The maximum atomic E-state index is 12.0. The Balaban J connectivity index is 1.69. The maximum absolute atomic E-state index is 12.0. The molecule has 2 N–H and O–H groups in total. The van der Waals surface area contributed by atoms with E-state index in [1.54, 1.807) is 54.6 Å². The number of esters is 1. The van der Waals surface area contributed by atoms with Crippen LogP contribution >= 0.6 is 23.4 Å². The molecule has 0 atom stereocenters. The molecular weight excluding hydrogens is 348 g/mol. The van der Waals surface area contributed by atoms with Crippen molar-refractivity contribution in [1.29, 1.82) is 0 Å². The van der Waals surface area contributed by atoms with E-state index in [-0.39, 0.29) is 11.1 Å². The first-order chi connectivity index (χ1) is 11.5. The van der Waals surface area contributed by atoms with Crippen molar-refractivity contribution in [3.63, 3.8) is 0 Å². The van der Waals surface area contributed by atoms with Crippen molar-refractivity contribution in [1.82, 2.24) is 0 Å². The number of nitrogens with zero attached hydrogens (tertiary/aromatic N) is 1. The lowest BCUT2D eigenvalue weighted by Crippen LogP contribution is -2.08. The first kappa shape index (κ1) is 16.3. The van der Waals surface area contributed by atoms with E-state index in [2.05, 4.69) is 4.99 Å². The molecule has 24 heavy (non-hydrogen) atoms. The predicted molar refractivity (Wildman–Crippen MR) is 95.0 cm³/mol. The number of halogens is 1.